The van der Waals surface area contributed by atoms with Crippen LogP contribution >= 0.6 is 11.3 Å². The Labute approximate surface area is 197 Å². The second-order valence-corrected chi connectivity index (χ2v) is 9.74. The molecule has 0 aliphatic carbocycles. The fourth-order valence-corrected chi connectivity index (χ4v) is 5.14. The molecule has 0 aliphatic heterocycles. The first-order valence-electron chi connectivity index (χ1n) is 9.06. The maximum atomic E-state index is 14.1. The predicted octanol–water partition coefficient (Wildman–Crippen LogP) is 2.75. The van der Waals surface area contributed by atoms with E-state index in [1.807, 2.05) is 0 Å². The van der Waals surface area contributed by atoms with Gasteiger partial charge in [0.2, 0.25) is 9.84 Å². The van der Waals surface area contributed by atoms with Crippen LogP contribution in [0.5, 0.6) is 0 Å². The molecule has 1 atom stereocenters. The Hall–Kier alpha value is -3.99. The van der Waals surface area contributed by atoms with Gasteiger partial charge in [0.1, 0.15) is 4.21 Å². The van der Waals surface area contributed by atoms with Crippen LogP contribution in [0.15, 0.2) is 62.4 Å². The third-order valence-corrected chi connectivity index (χ3v) is 7.51. The van der Waals surface area contributed by atoms with E-state index in [4.69, 9.17) is 4.42 Å². The number of nitrogens with one attached hydrogen (secondary N) is 2. The maximum Gasteiger partial charge on any atom is 0.442 e. The first-order valence-corrected chi connectivity index (χ1v) is 11.4. The number of sulfone groups is 1. The van der Waals surface area contributed by atoms with Gasteiger partial charge in [0.25, 0.3) is 11.6 Å². The number of hydrogen-bond acceptors (Lipinski definition) is 11. The van der Waals surface area contributed by atoms with E-state index >= 15 is 0 Å². The average Bonchev–Trinajstić information content (AvgIpc) is 3.50. The molecule has 0 fully saturated rings. The van der Waals surface area contributed by atoms with Gasteiger partial charge >= 0.3 is 17.8 Å². The van der Waals surface area contributed by atoms with Crippen molar-refractivity contribution in [3.63, 3.8) is 0 Å². The van der Waals surface area contributed by atoms with Crippen molar-refractivity contribution < 1.29 is 45.3 Å². The van der Waals surface area contributed by atoms with E-state index in [9.17, 15) is 41.3 Å². The van der Waals surface area contributed by atoms with Gasteiger partial charge in [-0.3, -0.25) is 14.9 Å². The molecule has 186 valence electrons. The SMILES string of the molecule is COC(=O)[C@](NC(=O)c1ccco1)(Nc1ncc(S(=O)(=O)c2ccc([N+](=O)[O-])cc2)s1)C(F)(F)F. The van der Waals surface area contributed by atoms with Crippen LogP contribution in [0.1, 0.15) is 10.6 Å². The summed E-state index contributed by atoms with van der Waals surface area (Å²) in [4.78, 5) is 37.7. The lowest BCUT2D eigenvalue weighted by Crippen LogP contribution is -2.69. The number of hydrogen-bond donors (Lipinski definition) is 2. The highest BCUT2D eigenvalue weighted by atomic mass is 32.2. The third kappa shape index (κ3) is 4.94. The zero-order valence-corrected chi connectivity index (χ0v) is 18.9. The van der Waals surface area contributed by atoms with Crippen LogP contribution in [-0.2, 0) is 19.4 Å². The molecular weight excluding hydrogens is 521 g/mol. The highest BCUT2D eigenvalue weighted by Crippen LogP contribution is 2.36. The van der Waals surface area contributed by atoms with Gasteiger partial charge in [0.15, 0.2) is 10.9 Å². The largest absolute Gasteiger partial charge is 0.466 e. The summed E-state index contributed by atoms with van der Waals surface area (Å²) in [6, 6.07) is 6.03. The highest BCUT2D eigenvalue weighted by molar-refractivity contribution is 7.93. The Morgan fingerprint density at radius 1 is 1.20 bits per heavy atom. The van der Waals surface area contributed by atoms with Crippen LogP contribution in [0.4, 0.5) is 24.0 Å². The molecule has 1 aromatic carbocycles. The van der Waals surface area contributed by atoms with Gasteiger partial charge in [-0.2, -0.15) is 13.2 Å². The summed E-state index contributed by atoms with van der Waals surface area (Å²) in [5.74, 6) is -3.95. The fourth-order valence-electron chi connectivity index (χ4n) is 2.65. The molecular formula is C18H13F3N4O8S2. The van der Waals surface area contributed by atoms with E-state index in [-0.39, 0.29) is 21.9 Å². The number of methoxy groups -OCH3 is 1. The van der Waals surface area contributed by atoms with Crippen LogP contribution in [0.2, 0.25) is 0 Å². The molecule has 0 unspecified atom stereocenters. The van der Waals surface area contributed by atoms with Gasteiger partial charge in [-0.15, -0.1) is 0 Å². The Kier molecular flexibility index (Phi) is 6.84. The number of amides is 1. The van der Waals surface area contributed by atoms with Crippen molar-refractivity contribution in [3.8, 4) is 0 Å². The lowest BCUT2D eigenvalue weighted by atomic mass is 10.1. The number of esters is 1. The molecule has 0 spiro atoms. The summed E-state index contributed by atoms with van der Waals surface area (Å²) in [6.07, 6.45) is -3.76. The molecule has 17 heteroatoms. The molecule has 0 aliphatic rings. The van der Waals surface area contributed by atoms with Crippen molar-refractivity contribution in [3.05, 3.63) is 64.7 Å². The molecule has 12 nitrogen and oxygen atoms in total. The maximum absolute atomic E-state index is 14.1. The minimum atomic E-state index is -5.49. The number of benzene rings is 1. The lowest BCUT2D eigenvalue weighted by molar-refractivity contribution is -0.384. The number of carbonyl (C=O) groups is 2. The lowest BCUT2D eigenvalue weighted by Gasteiger charge is -2.33. The van der Waals surface area contributed by atoms with Crippen LogP contribution < -0.4 is 10.6 Å². The van der Waals surface area contributed by atoms with Crippen molar-refractivity contribution in [2.45, 2.75) is 20.9 Å². The number of alkyl halides is 3. The van der Waals surface area contributed by atoms with Crippen molar-refractivity contribution in [2.75, 3.05) is 12.4 Å². The van der Waals surface area contributed by atoms with E-state index in [1.54, 1.807) is 5.32 Å². The minimum Gasteiger partial charge on any atom is -0.466 e. The van der Waals surface area contributed by atoms with E-state index in [1.165, 1.54) is 11.4 Å². The van der Waals surface area contributed by atoms with Crippen LogP contribution in [0.25, 0.3) is 0 Å². The molecule has 0 saturated heterocycles. The highest BCUT2D eigenvalue weighted by Gasteiger charge is 2.64. The first kappa shape index (κ1) is 25.6. The predicted molar refractivity (Wildman–Crippen MR) is 111 cm³/mol. The molecule has 35 heavy (non-hydrogen) atoms. The molecule has 3 rings (SSSR count). The second kappa shape index (κ2) is 9.34. The van der Waals surface area contributed by atoms with Gasteiger partial charge < -0.3 is 19.8 Å². The summed E-state index contributed by atoms with van der Waals surface area (Å²) in [5.41, 5.74) is -4.24. The number of nitrogens with zero attached hydrogens (tertiary/aromatic N) is 2. The number of carbonyl (C=O) groups excluding carboxylic acids is 2. The van der Waals surface area contributed by atoms with E-state index in [0.29, 0.717) is 7.11 Å². The zero-order chi connectivity index (χ0) is 26.0. The van der Waals surface area contributed by atoms with E-state index < -0.39 is 53.6 Å². The summed E-state index contributed by atoms with van der Waals surface area (Å²) in [5, 5.41) is 13.2. The van der Waals surface area contributed by atoms with Crippen molar-refractivity contribution in [2.24, 2.45) is 0 Å². The minimum absolute atomic E-state index is 0.214. The number of furan rings is 1. The van der Waals surface area contributed by atoms with Gasteiger partial charge in [-0.25, -0.2) is 18.2 Å². The number of halogens is 3. The van der Waals surface area contributed by atoms with Crippen LogP contribution in [0.3, 0.4) is 0 Å². The Bertz CT molecular complexity index is 1360. The Morgan fingerprint density at radius 2 is 1.86 bits per heavy atom. The summed E-state index contributed by atoms with van der Waals surface area (Å²) in [6.45, 7) is 0. The van der Waals surface area contributed by atoms with E-state index in [0.717, 1.165) is 42.8 Å². The van der Waals surface area contributed by atoms with Crippen molar-refractivity contribution in [1.82, 2.24) is 10.3 Å². The topological polar surface area (TPSA) is 171 Å². The number of thiazole rings is 1. The number of non-ortho nitro benzene ring substituents is 1. The number of nitro benzene ring substituents is 1. The molecule has 2 heterocycles. The number of anilines is 1. The number of nitro groups is 1. The zero-order valence-electron chi connectivity index (χ0n) is 17.2. The summed E-state index contributed by atoms with van der Waals surface area (Å²) >= 11 is 0.214. The number of aromatic nitrogens is 1. The van der Waals surface area contributed by atoms with Crippen LogP contribution in [0, 0.1) is 10.1 Å². The van der Waals surface area contributed by atoms with Gasteiger partial charge in [0.05, 0.1) is 29.4 Å². The molecule has 0 bridgehead atoms. The molecule has 2 aromatic heterocycles. The second-order valence-electron chi connectivity index (χ2n) is 6.53. The first-order chi connectivity index (χ1) is 16.3. The van der Waals surface area contributed by atoms with Crippen LogP contribution in [-0.4, -0.2) is 49.2 Å². The normalized spacial score (nSPS) is 13.5. The Balaban J connectivity index is 1.98. The quantitative estimate of drug-likeness (QED) is 0.189. The van der Waals surface area contributed by atoms with Crippen molar-refractivity contribution >= 4 is 43.9 Å². The third-order valence-electron chi connectivity index (χ3n) is 4.36. The monoisotopic (exact) mass is 534 g/mol. The number of ether oxygens (including phenoxy) is 1. The average molecular weight is 534 g/mol. The summed E-state index contributed by atoms with van der Waals surface area (Å²) < 4.78 is 76.3. The fraction of sp³-hybridized carbons (Fsp3) is 0.167. The Morgan fingerprint density at radius 3 is 2.37 bits per heavy atom. The van der Waals surface area contributed by atoms with E-state index in [2.05, 4.69) is 9.72 Å². The van der Waals surface area contributed by atoms with Gasteiger partial charge in [-0.1, -0.05) is 11.3 Å². The standard InChI is InChI=1S/C18H13F3N4O8S2/c1-32-15(27)17(18(19,20)21,23-14(26)12-3-2-8-33-12)24-16-22-9-13(34-16)35(30,31)11-6-4-10(5-7-11)25(28)29/h2-9H,1H3,(H,22,24)(H,23,26)/t17-/m0/s1. The van der Waals surface area contributed by atoms with Gasteiger partial charge in [-0.05, 0) is 24.3 Å². The van der Waals surface area contributed by atoms with Crippen molar-refractivity contribution in [1.29, 1.82) is 0 Å². The molecule has 2 N–H and O–H groups in total. The summed E-state index contributed by atoms with van der Waals surface area (Å²) in [7, 11) is -3.69. The molecule has 0 radical (unpaired) electrons. The molecule has 1 amide bonds. The molecule has 0 saturated carbocycles. The smallest absolute Gasteiger partial charge is 0.442 e. The van der Waals surface area contributed by atoms with Gasteiger partial charge in [0, 0.05) is 12.1 Å². The number of rotatable bonds is 8. The molecule has 3 aromatic rings.